The zero-order valence-electron chi connectivity index (χ0n) is 13.8. The van der Waals surface area contributed by atoms with E-state index in [1.54, 1.807) is 18.4 Å². The highest BCUT2D eigenvalue weighted by Gasteiger charge is 2.12. The minimum Gasteiger partial charge on any atom is -0.467 e. The van der Waals surface area contributed by atoms with Crippen LogP contribution in [0.2, 0.25) is 0 Å². The van der Waals surface area contributed by atoms with Crippen molar-refractivity contribution >= 4 is 45.9 Å². The summed E-state index contributed by atoms with van der Waals surface area (Å²) >= 11 is 3.44. The van der Waals surface area contributed by atoms with Gasteiger partial charge in [-0.05, 0) is 36.8 Å². The SMILES string of the molecule is CCNC(=NCC(O)c1ccco1)N(C)Cc1ccc(Br)cc1.I. The first-order chi connectivity index (χ1) is 11.1. The molecule has 24 heavy (non-hydrogen) atoms. The van der Waals surface area contributed by atoms with Crippen LogP contribution in [0.1, 0.15) is 24.4 Å². The van der Waals surface area contributed by atoms with E-state index in [4.69, 9.17) is 4.42 Å². The quantitative estimate of drug-likeness (QED) is 0.355. The molecule has 0 fully saturated rings. The van der Waals surface area contributed by atoms with Crippen LogP contribution in [0.15, 0.2) is 56.5 Å². The molecular formula is C17H23BrIN3O2. The first-order valence-electron chi connectivity index (χ1n) is 7.55. The summed E-state index contributed by atoms with van der Waals surface area (Å²) in [6.07, 6.45) is 0.812. The highest BCUT2D eigenvalue weighted by Crippen LogP contribution is 2.14. The number of furan rings is 1. The third-order valence-electron chi connectivity index (χ3n) is 3.32. The Morgan fingerprint density at radius 3 is 2.62 bits per heavy atom. The Morgan fingerprint density at radius 2 is 2.04 bits per heavy atom. The Labute approximate surface area is 168 Å². The number of halogens is 2. The van der Waals surface area contributed by atoms with Crippen molar-refractivity contribution in [1.29, 1.82) is 0 Å². The number of hydrogen-bond acceptors (Lipinski definition) is 3. The predicted octanol–water partition coefficient (Wildman–Crippen LogP) is 3.79. The molecule has 0 amide bonds. The van der Waals surface area contributed by atoms with Gasteiger partial charge in [-0.3, -0.25) is 0 Å². The summed E-state index contributed by atoms with van der Waals surface area (Å²) in [6.45, 7) is 3.77. The summed E-state index contributed by atoms with van der Waals surface area (Å²) in [4.78, 5) is 6.52. The van der Waals surface area contributed by atoms with E-state index < -0.39 is 6.10 Å². The van der Waals surface area contributed by atoms with Crippen LogP contribution in [0.5, 0.6) is 0 Å². The molecule has 2 rings (SSSR count). The molecule has 132 valence electrons. The molecule has 0 aliphatic heterocycles. The second kappa shape index (κ2) is 10.7. The summed E-state index contributed by atoms with van der Waals surface area (Å²) < 4.78 is 6.26. The first-order valence-corrected chi connectivity index (χ1v) is 8.34. The molecule has 1 unspecified atom stereocenters. The average Bonchev–Trinajstić information content (AvgIpc) is 3.07. The molecule has 7 heteroatoms. The van der Waals surface area contributed by atoms with Crippen molar-refractivity contribution in [1.82, 2.24) is 10.2 Å². The van der Waals surface area contributed by atoms with Crippen LogP contribution in [0.4, 0.5) is 0 Å². The van der Waals surface area contributed by atoms with Crippen molar-refractivity contribution in [2.24, 2.45) is 4.99 Å². The van der Waals surface area contributed by atoms with Gasteiger partial charge >= 0.3 is 0 Å². The van der Waals surface area contributed by atoms with Gasteiger partial charge < -0.3 is 19.7 Å². The molecular weight excluding hydrogens is 485 g/mol. The molecule has 0 radical (unpaired) electrons. The molecule has 0 saturated carbocycles. The zero-order chi connectivity index (χ0) is 16.7. The molecule has 1 atom stereocenters. The van der Waals surface area contributed by atoms with Crippen LogP contribution < -0.4 is 5.32 Å². The van der Waals surface area contributed by atoms with Crippen LogP contribution in [-0.2, 0) is 6.54 Å². The number of aliphatic hydroxyl groups is 1. The lowest BCUT2D eigenvalue weighted by atomic mass is 10.2. The number of nitrogens with one attached hydrogen (secondary N) is 1. The van der Waals surface area contributed by atoms with Gasteiger partial charge in [0.25, 0.3) is 0 Å². The van der Waals surface area contributed by atoms with Gasteiger partial charge in [-0.1, -0.05) is 28.1 Å². The monoisotopic (exact) mass is 507 g/mol. The van der Waals surface area contributed by atoms with E-state index in [9.17, 15) is 5.11 Å². The number of aliphatic imine (C=N–C) groups is 1. The van der Waals surface area contributed by atoms with E-state index in [1.807, 2.05) is 31.0 Å². The molecule has 1 heterocycles. The Bertz CT molecular complexity index is 617. The van der Waals surface area contributed by atoms with Crippen molar-refractivity contribution in [2.45, 2.75) is 19.6 Å². The number of aliphatic hydroxyl groups excluding tert-OH is 1. The highest BCUT2D eigenvalue weighted by molar-refractivity contribution is 14.0. The molecule has 0 aliphatic rings. The minimum absolute atomic E-state index is 0. The standard InChI is InChI=1S/C17H22BrN3O2.HI/c1-3-19-17(20-11-15(22)16-5-4-10-23-16)21(2)12-13-6-8-14(18)9-7-13;/h4-10,15,22H,3,11-12H2,1-2H3,(H,19,20);1H. The highest BCUT2D eigenvalue weighted by atomic mass is 127. The molecule has 1 aromatic carbocycles. The van der Waals surface area contributed by atoms with Crippen molar-refractivity contribution in [3.05, 3.63) is 58.5 Å². The number of nitrogens with zero attached hydrogens (tertiary/aromatic N) is 2. The van der Waals surface area contributed by atoms with Crippen molar-refractivity contribution in [2.75, 3.05) is 20.1 Å². The number of hydrogen-bond donors (Lipinski definition) is 2. The smallest absolute Gasteiger partial charge is 0.194 e. The summed E-state index contributed by atoms with van der Waals surface area (Å²) in [5, 5.41) is 13.3. The third kappa shape index (κ3) is 6.45. The molecule has 2 N–H and O–H groups in total. The summed E-state index contributed by atoms with van der Waals surface area (Å²) in [5.41, 5.74) is 1.19. The van der Waals surface area contributed by atoms with Gasteiger partial charge in [0.05, 0.1) is 12.8 Å². The predicted molar refractivity (Wildman–Crippen MR) is 111 cm³/mol. The van der Waals surface area contributed by atoms with E-state index in [-0.39, 0.29) is 30.5 Å². The molecule has 0 aliphatic carbocycles. The van der Waals surface area contributed by atoms with E-state index in [1.165, 1.54) is 5.56 Å². The maximum absolute atomic E-state index is 10.1. The first kappa shape index (κ1) is 21.0. The fraction of sp³-hybridized carbons (Fsp3) is 0.353. The van der Waals surface area contributed by atoms with Crippen LogP contribution in [-0.4, -0.2) is 36.1 Å². The number of benzene rings is 1. The van der Waals surface area contributed by atoms with E-state index in [0.29, 0.717) is 5.76 Å². The Balaban J connectivity index is 0.00000288. The van der Waals surface area contributed by atoms with Crippen LogP contribution >= 0.6 is 39.9 Å². The second-order valence-electron chi connectivity index (χ2n) is 5.21. The Kier molecular flexibility index (Phi) is 9.38. The normalized spacial score (nSPS) is 12.4. The van der Waals surface area contributed by atoms with Gasteiger partial charge in [-0.25, -0.2) is 4.99 Å². The minimum atomic E-state index is -0.736. The van der Waals surface area contributed by atoms with Gasteiger partial charge in [-0.15, -0.1) is 24.0 Å². The van der Waals surface area contributed by atoms with E-state index in [2.05, 4.69) is 38.4 Å². The molecule has 0 spiro atoms. The zero-order valence-corrected chi connectivity index (χ0v) is 17.7. The van der Waals surface area contributed by atoms with E-state index in [0.717, 1.165) is 23.5 Å². The van der Waals surface area contributed by atoms with Crippen LogP contribution in [0.25, 0.3) is 0 Å². The molecule has 2 aromatic rings. The maximum Gasteiger partial charge on any atom is 0.194 e. The van der Waals surface area contributed by atoms with Crippen LogP contribution in [0, 0.1) is 0 Å². The van der Waals surface area contributed by atoms with Gasteiger partial charge in [0, 0.05) is 24.6 Å². The van der Waals surface area contributed by atoms with Gasteiger partial charge in [0.15, 0.2) is 5.96 Å². The average molecular weight is 508 g/mol. The fourth-order valence-corrected chi connectivity index (χ4v) is 2.42. The molecule has 0 saturated heterocycles. The lowest BCUT2D eigenvalue weighted by molar-refractivity contribution is 0.158. The van der Waals surface area contributed by atoms with E-state index >= 15 is 0 Å². The summed E-state index contributed by atoms with van der Waals surface area (Å²) in [7, 11) is 1.98. The lowest BCUT2D eigenvalue weighted by Crippen LogP contribution is -2.38. The topological polar surface area (TPSA) is 61.0 Å². The number of guanidine groups is 1. The van der Waals surface area contributed by atoms with Crippen molar-refractivity contribution < 1.29 is 9.52 Å². The van der Waals surface area contributed by atoms with Gasteiger partial charge in [0.1, 0.15) is 11.9 Å². The summed E-state index contributed by atoms with van der Waals surface area (Å²) in [5.74, 6) is 1.28. The largest absolute Gasteiger partial charge is 0.467 e. The fourth-order valence-electron chi connectivity index (χ4n) is 2.15. The third-order valence-corrected chi connectivity index (χ3v) is 3.84. The molecule has 1 aromatic heterocycles. The summed E-state index contributed by atoms with van der Waals surface area (Å²) in [6, 6.07) is 11.7. The van der Waals surface area contributed by atoms with Crippen LogP contribution in [0.3, 0.4) is 0 Å². The van der Waals surface area contributed by atoms with Crippen molar-refractivity contribution in [3.8, 4) is 0 Å². The molecule has 0 bridgehead atoms. The molecule has 5 nitrogen and oxygen atoms in total. The second-order valence-corrected chi connectivity index (χ2v) is 6.12. The lowest BCUT2D eigenvalue weighted by Gasteiger charge is -2.22. The Hall–Kier alpha value is -1.06. The maximum atomic E-state index is 10.1. The van der Waals surface area contributed by atoms with Gasteiger partial charge in [0.2, 0.25) is 0 Å². The van der Waals surface area contributed by atoms with Gasteiger partial charge in [-0.2, -0.15) is 0 Å². The number of rotatable bonds is 6. The Morgan fingerprint density at radius 1 is 1.33 bits per heavy atom. The van der Waals surface area contributed by atoms with Crippen molar-refractivity contribution in [3.63, 3.8) is 0 Å².